The van der Waals surface area contributed by atoms with Crippen molar-refractivity contribution in [3.63, 3.8) is 0 Å². The van der Waals surface area contributed by atoms with Gasteiger partial charge in [-0.3, -0.25) is 0 Å². The number of phenols is 1. The van der Waals surface area contributed by atoms with Crippen molar-refractivity contribution in [2.24, 2.45) is 5.92 Å². The van der Waals surface area contributed by atoms with Gasteiger partial charge in [-0.05, 0) is 79.6 Å². The lowest BCUT2D eigenvalue weighted by Crippen LogP contribution is -2.34. The van der Waals surface area contributed by atoms with E-state index in [0.29, 0.717) is 11.8 Å². The molecule has 0 amide bonds. The molecule has 0 bridgehead atoms. The van der Waals surface area contributed by atoms with Gasteiger partial charge in [0.05, 0.1) is 6.04 Å². The molecule has 2 heterocycles. The van der Waals surface area contributed by atoms with Gasteiger partial charge in [-0.15, -0.1) is 0 Å². The number of likely N-dealkylation sites (tertiary alicyclic amines) is 1. The average Bonchev–Trinajstić information content (AvgIpc) is 2.83. The van der Waals surface area contributed by atoms with Gasteiger partial charge < -0.3 is 31.8 Å². The van der Waals surface area contributed by atoms with E-state index in [4.69, 9.17) is 0 Å². The summed E-state index contributed by atoms with van der Waals surface area (Å²) in [6, 6.07) is 16.5. The van der Waals surface area contributed by atoms with Gasteiger partial charge in [0.2, 0.25) is 0 Å². The molecule has 6 heteroatoms. The zero-order valence-corrected chi connectivity index (χ0v) is 20.9. The Hall–Kier alpha value is -2.90. The van der Waals surface area contributed by atoms with Crippen LogP contribution in [0.15, 0.2) is 78.4 Å². The quantitative estimate of drug-likeness (QED) is 0.684. The van der Waals surface area contributed by atoms with Gasteiger partial charge in [0.15, 0.2) is 0 Å². The number of piperidine rings is 1. The average molecular weight is 483 g/mol. The summed E-state index contributed by atoms with van der Waals surface area (Å²) < 4.78 is 0. The normalized spacial score (nSPS) is 18.4. The lowest BCUT2D eigenvalue weighted by atomic mass is 9.86. The van der Waals surface area contributed by atoms with Crippen LogP contribution < -0.4 is 5.32 Å². The minimum Gasteiger partial charge on any atom is -0.508 e. The summed E-state index contributed by atoms with van der Waals surface area (Å²) in [4.78, 5) is 2.55. The minimum atomic E-state index is 0. The summed E-state index contributed by atoms with van der Waals surface area (Å²) in [5.74, 6) is 1.26. The zero-order valence-electron chi connectivity index (χ0n) is 20.9. The lowest BCUT2D eigenvalue weighted by Gasteiger charge is -2.30. The Balaban J connectivity index is 0.000000322. The van der Waals surface area contributed by atoms with Crippen LogP contribution in [0.3, 0.4) is 0 Å². The van der Waals surface area contributed by atoms with Crippen molar-refractivity contribution in [2.75, 3.05) is 25.0 Å². The van der Waals surface area contributed by atoms with Crippen molar-refractivity contribution in [1.82, 2.24) is 4.90 Å². The molecule has 1 aliphatic carbocycles. The molecule has 35 heavy (non-hydrogen) atoms. The summed E-state index contributed by atoms with van der Waals surface area (Å²) in [6.07, 6.45) is 13.6. The molecular formula is C29H42N2O4. The van der Waals surface area contributed by atoms with Crippen LogP contribution in [0, 0.1) is 5.92 Å². The predicted octanol–water partition coefficient (Wildman–Crippen LogP) is 3.96. The number of hydrogen-bond donors (Lipinski definition) is 2. The number of anilines is 1. The number of rotatable bonds is 4. The standard InChI is InChI=1S/C15H15N.C14H21NO.3H2O/c1-2-11-12-7-3-5-9-14(12)16-15-10-6-4-8-13(11)15;1-12-6-9-15(10-7-12)11-8-13-2-4-14(16)5-3-13;;;/h3-10,14,16H,2H2,1H3;2-5,12,16H,6-11H2,1H3;3*1H2. The van der Waals surface area contributed by atoms with Crippen LogP contribution in [0.5, 0.6) is 5.75 Å². The molecule has 8 N–H and O–H groups in total. The zero-order chi connectivity index (χ0) is 22.3. The first-order valence-corrected chi connectivity index (χ1v) is 12.1. The van der Waals surface area contributed by atoms with Crippen molar-refractivity contribution in [1.29, 1.82) is 0 Å². The lowest BCUT2D eigenvalue weighted by molar-refractivity contribution is 0.194. The summed E-state index contributed by atoms with van der Waals surface area (Å²) in [7, 11) is 0. The minimum absolute atomic E-state index is 0. The van der Waals surface area contributed by atoms with E-state index in [-0.39, 0.29) is 16.4 Å². The number of phenolic OH excluding ortho intramolecular Hbond substituents is 1. The Labute approximate surface area is 209 Å². The second-order valence-corrected chi connectivity index (χ2v) is 9.14. The van der Waals surface area contributed by atoms with Crippen molar-refractivity contribution in [3.05, 3.63) is 89.5 Å². The molecule has 192 valence electrons. The van der Waals surface area contributed by atoms with E-state index in [2.05, 4.69) is 72.6 Å². The Morgan fingerprint density at radius 3 is 2.31 bits per heavy atom. The number of para-hydroxylation sites is 1. The van der Waals surface area contributed by atoms with E-state index in [0.717, 1.165) is 25.3 Å². The van der Waals surface area contributed by atoms with Crippen LogP contribution in [-0.4, -0.2) is 52.1 Å². The van der Waals surface area contributed by atoms with E-state index in [1.165, 1.54) is 53.9 Å². The van der Waals surface area contributed by atoms with Crippen molar-refractivity contribution in [2.45, 2.75) is 45.6 Å². The predicted molar refractivity (Wildman–Crippen MR) is 147 cm³/mol. The summed E-state index contributed by atoms with van der Waals surface area (Å²) in [5, 5.41) is 12.8. The monoisotopic (exact) mass is 482 g/mol. The first-order chi connectivity index (χ1) is 15.6. The molecule has 3 aliphatic rings. The molecule has 1 fully saturated rings. The second kappa shape index (κ2) is 14.5. The molecule has 6 nitrogen and oxygen atoms in total. The maximum absolute atomic E-state index is 9.19. The van der Waals surface area contributed by atoms with Crippen molar-refractivity contribution < 1.29 is 21.5 Å². The molecule has 1 saturated heterocycles. The third-order valence-corrected chi connectivity index (χ3v) is 6.82. The van der Waals surface area contributed by atoms with Gasteiger partial charge in [0.25, 0.3) is 0 Å². The van der Waals surface area contributed by atoms with Crippen LogP contribution in [0.4, 0.5) is 5.69 Å². The smallest absolute Gasteiger partial charge is 0.115 e. The van der Waals surface area contributed by atoms with Gasteiger partial charge in [-0.25, -0.2) is 0 Å². The largest absolute Gasteiger partial charge is 0.508 e. The van der Waals surface area contributed by atoms with E-state index < -0.39 is 0 Å². The molecule has 1 atom stereocenters. The molecule has 5 rings (SSSR count). The van der Waals surface area contributed by atoms with Gasteiger partial charge in [-0.1, -0.05) is 68.5 Å². The SMILES string of the molecule is CC1CCN(CCc2ccc(O)cc2)CC1.CCC1=C2C=CC=CC2Nc2ccccc21.O.O.O. The van der Waals surface area contributed by atoms with Gasteiger partial charge in [-0.2, -0.15) is 0 Å². The van der Waals surface area contributed by atoms with Crippen LogP contribution in [0.1, 0.15) is 44.2 Å². The highest BCUT2D eigenvalue weighted by Gasteiger charge is 2.23. The van der Waals surface area contributed by atoms with Crippen LogP contribution in [0.2, 0.25) is 0 Å². The van der Waals surface area contributed by atoms with E-state index in [1.54, 1.807) is 12.1 Å². The van der Waals surface area contributed by atoms with Crippen LogP contribution in [-0.2, 0) is 6.42 Å². The number of nitrogens with zero attached hydrogens (tertiary/aromatic N) is 1. The number of aromatic hydroxyl groups is 1. The highest BCUT2D eigenvalue weighted by Crippen LogP contribution is 2.37. The second-order valence-electron chi connectivity index (χ2n) is 9.14. The molecule has 0 aromatic heterocycles. The highest BCUT2D eigenvalue weighted by molar-refractivity contribution is 5.85. The molecule has 2 aromatic rings. The summed E-state index contributed by atoms with van der Waals surface area (Å²) >= 11 is 0. The first kappa shape index (κ1) is 30.1. The number of fused-ring (bicyclic) bond motifs is 2. The first-order valence-electron chi connectivity index (χ1n) is 12.1. The highest BCUT2D eigenvalue weighted by atomic mass is 16.3. The molecule has 2 aromatic carbocycles. The maximum Gasteiger partial charge on any atom is 0.115 e. The molecule has 0 saturated carbocycles. The molecule has 1 unspecified atom stereocenters. The summed E-state index contributed by atoms with van der Waals surface area (Å²) in [6.45, 7) is 8.22. The van der Waals surface area contributed by atoms with Crippen molar-refractivity contribution >= 4 is 11.3 Å². The Morgan fingerprint density at radius 1 is 0.943 bits per heavy atom. The topological polar surface area (TPSA) is 130 Å². The van der Waals surface area contributed by atoms with Crippen LogP contribution >= 0.6 is 0 Å². The van der Waals surface area contributed by atoms with E-state index >= 15 is 0 Å². The molecular weight excluding hydrogens is 440 g/mol. The van der Waals surface area contributed by atoms with E-state index in [9.17, 15) is 5.11 Å². The molecule has 0 spiro atoms. The van der Waals surface area contributed by atoms with Gasteiger partial charge >= 0.3 is 0 Å². The number of nitrogens with one attached hydrogen (secondary N) is 1. The fourth-order valence-electron chi connectivity index (χ4n) is 4.78. The molecule has 0 radical (unpaired) electrons. The fraction of sp³-hybridized carbons (Fsp3) is 0.379. The van der Waals surface area contributed by atoms with Crippen LogP contribution in [0.25, 0.3) is 5.57 Å². The van der Waals surface area contributed by atoms with E-state index in [1.807, 2.05) is 12.1 Å². The third-order valence-electron chi connectivity index (χ3n) is 6.82. The van der Waals surface area contributed by atoms with Crippen molar-refractivity contribution in [3.8, 4) is 5.75 Å². The summed E-state index contributed by atoms with van der Waals surface area (Å²) in [5.41, 5.74) is 6.82. The third kappa shape index (κ3) is 7.80. The fourth-order valence-corrected chi connectivity index (χ4v) is 4.78. The number of benzene rings is 2. The van der Waals surface area contributed by atoms with Gasteiger partial charge in [0, 0.05) is 17.8 Å². The Kier molecular flexibility index (Phi) is 12.5. The number of allylic oxidation sites excluding steroid dienone is 3. The number of hydrogen-bond acceptors (Lipinski definition) is 3. The maximum atomic E-state index is 9.19. The van der Waals surface area contributed by atoms with Gasteiger partial charge in [0.1, 0.15) is 5.75 Å². The molecule has 2 aliphatic heterocycles. The Bertz CT molecular complexity index is 990. The Morgan fingerprint density at radius 2 is 1.63 bits per heavy atom.